The molecule has 0 amide bonds. The van der Waals surface area contributed by atoms with Crippen LogP contribution in [0.15, 0.2) is 36.7 Å². The van der Waals surface area contributed by atoms with Crippen LogP contribution in [0, 0.1) is 12.7 Å². The molecule has 0 fully saturated rings. The Bertz CT molecular complexity index is 1400. The molecule has 0 saturated heterocycles. The first-order valence-corrected chi connectivity index (χ1v) is 10.4. The van der Waals surface area contributed by atoms with E-state index in [1.54, 1.807) is 29.5 Å². The number of hydrogen-bond acceptors (Lipinski definition) is 6. The van der Waals surface area contributed by atoms with Crippen molar-refractivity contribution >= 4 is 11.5 Å². The number of aryl methyl sites for hydroxylation is 1. The minimum atomic E-state index is -2.72. The minimum Gasteiger partial charge on any atom is -0.493 e. The van der Waals surface area contributed by atoms with Crippen LogP contribution in [0.1, 0.15) is 34.7 Å². The van der Waals surface area contributed by atoms with E-state index in [9.17, 15) is 13.2 Å². The van der Waals surface area contributed by atoms with Gasteiger partial charge in [-0.1, -0.05) is 0 Å². The number of pyridine rings is 2. The summed E-state index contributed by atoms with van der Waals surface area (Å²) in [6, 6.07) is 7.58. The van der Waals surface area contributed by atoms with Crippen LogP contribution < -0.4 is 14.8 Å². The average Bonchev–Trinajstić information content (AvgIpc) is 3.44. The van der Waals surface area contributed by atoms with Crippen molar-refractivity contribution in [3.8, 4) is 22.8 Å². The second-order valence-corrected chi connectivity index (χ2v) is 8.10. The van der Waals surface area contributed by atoms with Crippen molar-refractivity contribution in [2.45, 2.75) is 25.8 Å². The quantitative estimate of drug-likeness (QED) is 0.476. The summed E-state index contributed by atoms with van der Waals surface area (Å²) < 4.78 is 55.8. The second kappa shape index (κ2) is 7.36. The molecule has 5 heterocycles. The lowest BCUT2D eigenvalue weighted by Crippen LogP contribution is -2.13. The molecule has 0 saturated carbocycles. The van der Waals surface area contributed by atoms with Crippen LogP contribution in [0.25, 0.3) is 16.9 Å². The van der Waals surface area contributed by atoms with Crippen LogP contribution in [0.3, 0.4) is 0 Å². The maximum atomic E-state index is 14.7. The topological polar surface area (TPSA) is 73.6 Å². The van der Waals surface area contributed by atoms with Crippen LogP contribution >= 0.6 is 0 Å². The highest BCUT2D eigenvalue weighted by atomic mass is 19.3. The minimum absolute atomic E-state index is 0.120. The van der Waals surface area contributed by atoms with Crippen LogP contribution in [-0.2, 0) is 6.54 Å². The molecule has 10 heteroatoms. The number of nitrogens with zero attached hydrogens (tertiary/aromatic N) is 4. The molecule has 0 radical (unpaired) electrons. The number of rotatable bonds is 2. The van der Waals surface area contributed by atoms with Gasteiger partial charge in [0.25, 0.3) is 6.43 Å². The SMILES string of the molecule is Cc1ccc(C(F)F)c(-c2cc3c(n4cnnc24)NCc2c(F)ccc4c2[C@H](CO4)CO3)n1. The van der Waals surface area contributed by atoms with Gasteiger partial charge in [-0.25, -0.2) is 13.2 Å². The maximum Gasteiger partial charge on any atom is 0.265 e. The van der Waals surface area contributed by atoms with Crippen molar-refractivity contribution in [2.75, 3.05) is 18.5 Å². The van der Waals surface area contributed by atoms with Gasteiger partial charge in [0, 0.05) is 34.5 Å². The van der Waals surface area contributed by atoms with E-state index in [1.807, 2.05) is 0 Å². The van der Waals surface area contributed by atoms with Crippen molar-refractivity contribution < 1.29 is 22.6 Å². The normalized spacial score (nSPS) is 16.8. The number of ether oxygens (including phenoxy) is 2. The number of hydrogen-bond donors (Lipinski definition) is 1. The third-order valence-electron chi connectivity index (χ3n) is 6.08. The highest BCUT2D eigenvalue weighted by molar-refractivity contribution is 5.81. The molecule has 0 unspecified atom stereocenters. The lowest BCUT2D eigenvalue weighted by Gasteiger charge is -2.17. The number of aromatic nitrogens is 4. The summed E-state index contributed by atoms with van der Waals surface area (Å²) in [6.45, 7) is 2.52. The fourth-order valence-electron chi connectivity index (χ4n) is 4.52. The molecule has 1 aromatic carbocycles. The maximum absolute atomic E-state index is 14.7. The second-order valence-electron chi connectivity index (χ2n) is 8.10. The van der Waals surface area contributed by atoms with E-state index in [-0.39, 0.29) is 36.1 Å². The van der Waals surface area contributed by atoms with E-state index < -0.39 is 6.43 Å². The Labute approximate surface area is 186 Å². The third-order valence-corrected chi connectivity index (χ3v) is 6.08. The van der Waals surface area contributed by atoms with Gasteiger partial charge in [-0.15, -0.1) is 10.2 Å². The third kappa shape index (κ3) is 3.08. The Balaban J connectivity index is 1.54. The number of anilines is 1. The molecule has 3 aromatic heterocycles. The Morgan fingerprint density at radius 3 is 2.76 bits per heavy atom. The van der Waals surface area contributed by atoms with E-state index in [0.29, 0.717) is 46.4 Å². The van der Waals surface area contributed by atoms with E-state index in [0.717, 1.165) is 5.56 Å². The molecular formula is C23H18F3N5O2. The molecule has 0 spiro atoms. The molecule has 0 aliphatic carbocycles. The first-order chi connectivity index (χ1) is 16.0. The van der Waals surface area contributed by atoms with Crippen LogP contribution in [-0.4, -0.2) is 32.8 Å². The van der Waals surface area contributed by atoms with Gasteiger partial charge in [0.2, 0.25) is 0 Å². The van der Waals surface area contributed by atoms with Gasteiger partial charge in [0.15, 0.2) is 17.2 Å². The summed E-state index contributed by atoms with van der Waals surface area (Å²) in [7, 11) is 0. The van der Waals surface area contributed by atoms with Crippen molar-refractivity contribution in [2.24, 2.45) is 0 Å². The molecule has 168 valence electrons. The summed E-state index contributed by atoms with van der Waals surface area (Å²) in [6.07, 6.45) is -1.25. The predicted octanol–water partition coefficient (Wildman–Crippen LogP) is 4.66. The monoisotopic (exact) mass is 453 g/mol. The Morgan fingerprint density at radius 1 is 1.12 bits per heavy atom. The van der Waals surface area contributed by atoms with Gasteiger partial charge in [-0.3, -0.25) is 9.38 Å². The van der Waals surface area contributed by atoms with Gasteiger partial charge in [-0.05, 0) is 37.3 Å². The number of benzene rings is 1. The van der Waals surface area contributed by atoms with Crippen molar-refractivity contribution in [1.29, 1.82) is 0 Å². The summed E-state index contributed by atoms with van der Waals surface area (Å²) in [5.41, 5.74) is 2.52. The van der Waals surface area contributed by atoms with Gasteiger partial charge < -0.3 is 14.8 Å². The molecule has 33 heavy (non-hydrogen) atoms. The van der Waals surface area contributed by atoms with Crippen molar-refractivity contribution in [1.82, 2.24) is 19.6 Å². The number of alkyl halides is 2. The summed E-state index contributed by atoms with van der Waals surface area (Å²) >= 11 is 0. The highest BCUT2D eigenvalue weighted by Crippen LogP contribution is 2.42. The standard InChI is InChI=1S/C23H18F3N5O2/c1-11-2-3-13(21(25)26)20(29-11)14-6-18-23(31-10-28-30-22(14)31)27-7-15-16(24)4-5-17-19(15)12(8-32-17)9-33-18/h2-6,10,12,21,27H,7-9H2,1H3/t12-/m1/s1. The van der Waals surface area contributed by atoms with E-state index >= 15 is 0 Å². The molecule has 1 N–H and O–H groups in total. The van der Waals surface area contributed by atoms with Gasteiger partial charge in [0.05, 0.1) is 24.8 Å². The van der Waals surface area contributed by atoms with Crippen molar-refractivity contribution in [3.63, 3.8) is 0 Å². The largest absolute Gasteiger partial charge is 0.493 e. The molecule has 7 nitrogen and oxygen atoms in total. The number of fused-ring (bicyclic) bond motifs is 3. The highest BCUT2D eigenvalue weighted by Gasteiger charge is 2.32. The van der Waals surface area contributed by atoms with Gasteiger partial charge in [-0.2, -0.15) is 0 Å². The lowest BCUT2D eigenvalue weighted by atomic mass is 9.96. The van der Waals surface area contributed by atoms with Crippen LogP contribution in [0.2, 0.25) is 0 Å². The Morgan fingerprint density at radius 2 is 1.94 bits per heavy atom. The predicted molar refractivity (Wildman–Crippen MR) is 113 cm³/mol. The molecule has 0 bridgehead atoms. The Hall–Kier alpha value is -3.82. The molecule has 6 rings (SSSR count). The fourth-order valence-corrected chi connectivity index (χ4v) is 4.52. The summed E-state index contributed by atoms with van der Waals surface area (Å²) in [5.74, 6) is 1.06. The average molecular weight is 453 g/mol. The zero-order valence-corrected chi connectivity index (χ0v) is 17.5. The summed E-state index contributed by atoms with van der Waals surface area (Å²) in [4.78, 5) is 4.38. The molecular weight excluding hydrogens is 435 g/mol. The molecule has 2 aliphatic heterocycles. The van der Waals surface area contributed by atoms with Gasteiger partial charge in [0.1, 0.15) is 17.9 Å². The number of halogens is 3. The van der Waals surface area contributed by atoms with Crippen LogP contribution in [0.4, 0.5) is 19.0 Å². The number of nitrogens with one attached hydrogen (secondary N) is 1. The van der Waals surface area contributed by atoms with Crippen LogP contribution in [0.5, 0.6) is 11.5 Å². The van der Waals surface area contributed by atoms with Crippen molar-refractivity contribution in [3.05, 3.63) is 64.9 Å². The molecule has 1 atom stereocenters. The Kier molecular flexibility index (Phi) is 4.42. The molecule has 4 aromatic rings. The van der Waals surface area contributed by atoms with E-state index in [2.05, 4.69) is 20.5 Å². The van der Waals surface area contributed by atoms with E-state index in [4.69, 9.17) is 9.47 Å². The smallest absolute Gasteiger partial charge is 0.265 e. The molecule has 2 aliphatic rings. The fraction of sp³-hybridized carbons (Fsp3) is 0.261. The zero-order chi connectivity index (χ0) is 22.7. The summed E-state index contributed by atoms with van der Waals surface area (Å²) in [5, 5.41) is 11.4. The first kappa shape index (κ1) is 19.8. The lowest BCUT2D eigenvalue weighted by molar-refractivity contribution is 0.151. The van der Waals surface area contributed by atoms with E-state index in [1.165, 1.54) is 18.5 Å². The zero-order valence-electron chi connectivity index (χ0n) is 17.5. The van der Waals surface area contributed by atoms with Gasteiger partial charge >= 0.3 is 0 Å². The first-order valence-electron chi connectivity index (χ1n) is 10.4.